The molecule has 0 spiro atoms. The van der Waals surface area contributed by atoms with Crippen molar-refractivity contribution in [1.82, 2.24) is 0 Å². The standard InChI is InChI=1S/C8H19GeO2P.2Na/c1-4-9(5-2,6-3)7-8-12(10)11;;/h4-8H2,1-3H3;;/q-2;2*+1. The van der Waals surface area contributed by atoms with Crippen LogP contribution in [-0.2, 0) is 0 Å². The Morgan fingerprint density at radius 3 is 1.50 bits per heavy atom. The van der Waals surface area contributed by atoms with Crippen molar-refractivity contribution >= 4 is 21.6 Å². The van der Waals surface area contributed by atoms with Crippen LogP contribution in [0.3, 0.4) is 0 Å². The fourth-order valence-corrected chi connectivity index (χ4v) is 11.8. The molecule has 0 aliphatic carbocycles. The first-order valence-corrected chi connectivity index (χ1v) is 12.0. The zero-order valence-electron chi connectivity index (χ0n) is 10.3. The number of hydrogen-bond donors (Lipinski definition) is 0. The van der Waals surface area contributed by atoms with Gasteiger partial charge in [0.25, 0.3) is 0 Å². The predicted octanol–water partition coefficient (Wildman–Crippen LogP) is -4.46. The summed E-state index contributed by atoms with van der Waals surface area (Å²) in [7, 11) is -2.14. The molecule has 0 atom stereocenters. The minimum atomic E-state index is -2.14. The van der Waals surface area contributed by atoms with Gasteiger partial charge >= 0.3 is 138 Å². The van der Waals surface area contributed by atoms with Crippen LogP contribution in [0.1, 0.15) is 20.8 Å². The van der Waals surface area contributed by atoms with Crippen LogP contribution in [0.15, 0.2) is 0 Å². The number of hydrogen-bond acceptors (Lipinski definition) is 2. The molecule has 0 amide bonds. The van der Waals surface area contributed by atoms with Gasteiger partial charge in [-0.25, -0.2) is 0 Å². The Morgan fingerprint density at radius 1 is 0.929 bits per heavy atom. The van der Waals surface area contributed by atoms with Crippen LogP contribution in [0.2, 0.25) is 21.0 Å². The maximum atomic E-state index is 10.5. The quantitative estimate of drug-likeness (QED) is 0.367. The van der Waals surface area contributed by atoms with Crippen LogP contribution in [0.5, 0.6) is 0 Å². The van der Waals surface area contributed by atoms with E-state index >= 15 is 0 Å². The van der Waals surface area contributed by atoms with E-state index in [0.717, 1.165) is 5.25 Å². The monoisotopic (exact) mass is 298 g/mol. The van der Waals surface area contributed by atoms with E-state index in [1.165, 1.54) is 15.8 Å². The largest absolute Gasteiger partial charge is 1.00 e. The maximum Gasteiger partial charge on any atom is 1.00 e. The van der Waals surface area contributed by atoms with E-state index in [4.69, 9.17) is 0 Å². The van der Waals surface area contributed by atoms with Crippen LogP contribution < -0.4 is 68.9 Å². The molecule has 0 aliphatic rings. The molecule has 0 aliphatic heterocycles. The van der Waals surface area contributed by atoms with Crippen LogP contribution in [0, 0.1) is 0 Å². The summed E-state index contributed by atoms with van der Waals surface area (Å²) < 4.78 is 0. The van der Waals surface area contributed by atoms with Gasteiger partial charge in [0.2, 0.25) is 0 Å². The van der Waals surface area contributed by atoms with Gasteiger partial charge in [-0.15, -0.1) is 0 Å². The maximum absolute atomic E-state index is 10.5. The van der Waals surface area contributed by atoms with E-state index < -0.39 is 21.6 Å². The Morgan fingerprint density at radius 2 is 1.29 bits per heavy atom. The third-order valence-corrected chi connectivity index (χ3v) is 16.7. The van der Waals surface area contributed by atoms with Crippen LogP contribution >= 0.6 is 8.38 Å². The third-order valence-electron chi connectivity index (χ3n) is 3.07. The second-order valence-electron chi connectivity index (χ2n) is 3.37. The first kappa shape index (κ1) is 22.1. The summed E-state index contributed by atoms with van der Waals surface area (Å²) in [6, 6.07) is 0. The SMILES string of the molecule is C[CH2][Ge]([CH2]C)([CH2]C)[CH2]CP([O-])[O-].[Na+].[Na+]. The first-order valence-electron chi connectivity index (χ1n) is 4.72. The van der Waals surface area contributed by atoms with E-state index in [1.54, 1.807) is 0 Å². The van der Waals surface area contributed by atoms with Gasteiger partial charge in [-0.2, -0.15) is 0 Å². The molecule has 0 bridgehead atoms. The van der Waals surface area contributed by atoms with Gasteiger partial charge < -0.3 is 0 Å². The molecule has 0 heterocycles. The van der Waals surface area contributed by atoms with E-state index in [-0.39, 0.29) is 59.1 Å². The summed E-state index contributed by atoms with van der Waals surface area (Å²) in [6.45, 7) is 6.68. The smallest absolute Gasteiger partial charge is 1.00 e. The summed E-state index contributed by atoms with van der Waals surface area (Å²) in [5.74, 6) is 0. The molecular weight excluding hydrogens is 278 g/mol. The summed E-state index contributed by atoms with van der Waals surface area (Å²) in [5.41, 5.74) is 0. The van der Waals surface area contributed by atoms with E-state index in [0.29, 0.717) is 6.16 Å². The van der Waals surface area contributed by atoms with Crippen molar-refractivity contribution in [1.29, 1.82) is 0 Å². The topological polar surface area (TPSA) is 46.1 Å². The van der Waals surface area contributed by atoms with Crippen LogP contribution in [-0.4, -0.2) is 19.4 Å². The average molecular weight is 297 g/mol. The summed E-state index contributed by atoms with van der Waals surface area (Å²) >= 11 is -1.67. The zero-order chi connectivity index (χ0) is 9.61. The van der Waals surface area contributed by atoms with Gasteiger partial charge in [0, 0.05) is 0 Å². The van der Waals surface area contributed by atoms with Crippen molar-refractivity contribution in [2.75, 3.05) is 6.16 Å². The summed E-state index contributed by atoms with van der Waals surface area (Å²) in [6.07, 6.45) is 0.435. The van der Waals surface area contributed by atoms with E-state index in [2.05, 4.69) is 20.8 Å². The van der Waals surface area contributed by atoms with Gasteiger partial charge in [0.05, 0.1) is 0 Å². The molecule has 2 nitrogen and oxygen atoms in total. The summed E-state index contributed by atoms with van der Waals surface area (Å²) in [4.78, 5) is 20.9. The first-order chi connectivity index (χ1) is 5.60. The van der Waals surface area contributed by atoms with E-state index in [1.807, 2.05) is 0 Å². The molecule has 0 unspecified atom stereocenters. The molecule has 0 N–H and O–H groups in total. The molecule has 0 aromatic heterocycles. The second kappa shape index (κ2) is 12.4. The Labute approximate surface area is 136 Å². The fraction of sp³-hybridized carbons (Fsp3) is 1.00. The van der Waals surface area contributed by atoms with Crippen molar-refractivity contribution < 1.29 is 68.9 Å². The Balaban J connectivity index is -0.000000605. The van der Waals surface area contributed by atoms with Crippen LogP contribution in [0.4, 0.5) is 0 Å². The zero-order valence-corrected chi connectivity index (χ0v) is 17.3. The molecule has 0 fully saturated rings. The third kappa shape index (κ3) is 8.98. The molecule has 0 saturated heterocycles. The molecule has 74 valence electrons. The normalized spacial score (nSPS) is 10.7. The van der Waals surface area contributed by atoms with Crippen molar-refractivity contribution in [2.24, 2.45) is 0 Å². The minimum absolute atomic E-state index is 0. The van der Waals surface area contributed by atoms with Crippen LogP contribution in [0.25, 0.3) is 0 Å². The van der Waals surface area contributed by atoms with Crippen molar-refractivity contribution in [3.05, 3.63) is 0 Å². The van der Waals surface area contributed by atoms with E-state index in [9.17, 15) is 9.79 Å². The predicted molar refractivity (Wildman–Crippen MR) is 53.8 cm³/mol. The Hall–Kier alpha value is 2.89. The fourth-order valence-electron chi connectivity index (χ4n) is 1.61. The molecular formula is C8H19GeNa2O2P. The molecule has 14 heavy (non-hydrogen) atoms. The van der Waals surface area contributed by atoms with Gasteiger partial charge in [0.15, 0.2) is 0 Å². The molecule has 0 saturated carbocycles. The van der Waals surface area contributed by atoms with Gasteiger partial charge in [-0.3, -0.25) is 0 Å². The Kier molecular flexibility index (Phi) is 19.5. The average Bonchev–Trinajstić information content (AvgIpc) is 2.08. The molecule has 0 rings (SSSR count). The molecule has 0 aromatic rings. The molecule has 0 aromatic carbocycles. The van der Waals surface area contributed by atoms with Crippen molar-refractivity contribution in [2.45, 2.75) is 41.8 Å². The molecule has 6 heteroatoms. The van der Waals surface area contributed by atoms with Gasteiger partial charge in [0.1, 0.15) is 0 Å². The Bertz CT molecular complexity index is 116. The number of rotatable bonds is 6. The van der Waals surface area contributed by atoms with Gasteiger partial charge in [-0.1, -0.05) is 0 Å². The van der Waals surface area contributed by atoms with Gasteiger partial charge in [-0.05, 0) is 0 Å². The minimum Gasteiger partial charge on any atom is 1.00 e. The van der Waals surface area contributed by atoms with Crippen molar-refractivity contribution in [3.63, 3.8) is 0 Å². The summed E-state index contributed by atoms with van der Waals surface area (Å²) in [5, 5.41) is 4.84. The second-order valence-corrected chi connectivity index (χ2v) is 16.3. The molecule has 0 radical (unpaired) electrons. The van der Waals surface area contributed by atoms with Crippen molar-refractivity contribution in [3.8, 4) is 0 Å².